The van der Waals surface area contributed by atoms with Crippen LogP contribution in [-0.2, 0) is 19.2 Å². The van der Waals surface area contributed by atoms with Gasteiger partial charge in [0.25, 0.3) is 0 Å². The predicted octanol–water partition coefficient (Wildman–Crippen LogP) is 2.81. The van der Waals surface area contributed by atoms with E-state index in [1.165, 1.54) is 0 Å². The maximum Gasteiger partial charge on any atom is 0.456 e. The van der Waals surface area contributed by atoms with Gasteiger partial charge >= 0.3 is 7.12 Å². The van der Waals surface area contributed by atoms with Crippen LogP contribution in [0.2, 0.25) is 6.32 Å². The molecule has 0 unspecified atom stereocenters. The number of aromatic hydroxyl groups is 1. The van der Waals surface area contributed by atoms with Crippen molar-refractivity contribution in [2.24, 2.45) is 0 Å². The highest BCUT2D eigenvalue weighted by atomic mass is 32.2. The minimum atomic E-state index is -3.32. The van der Waals surface area contributed by atoms with Gasteiger partial charge in [0, 0.05) is 13.4 Å². The van der Waals surface area contributed by atoms with Crippen LogP contribution in [0.4, 0.5) is 0 Å². The van der Waals surface area contributed by atoms with Crippen LogP contribution in [0.3, 0.4) is 0 Å². The molecule has 2 aliphatic rings. The van der Waals surface area contributed by atoms with Gasteiger partial charge in [0.2, 0.25) is 0 Å². The van der Waals surface area contributed by atoms with Crippen LogP contribution >= 0.6 is 0 Å². The predicted molar refractivity (Wildman–Crippen MR) is 115 cm³/mol. The van der Waals surface area contributed by atoms with E-state index in [-0.39, 0.29) is 18.7 Å². The number of sulfone groups is 1. The molecule has 2 heterocycles. The minimum Gasteiger partial charge on any atom is -0.507 e. The second kappa shape index (κ2) is 8.64. The van der Waals surface area contributed by atoms with Gasteiger partial charge in [-0.15, -0.1) is 0 Å². The number of methoxy groups -OCH3 is 1. The summed E-state index contributed by atoms with van der Waals surface area (Å²) in [6.07, 6.45) is 3.00. The van der Waals surface area contributed by atoms with Crippen molar-refractivity contribution in [1.82, 2.24) is 0 Å². The molecule has 8 heteroatoms. The molecule has 0 aromatic heterocycles. The monoisotopic (exact) mass is 420 g/mol. The Morgan fingerprint density at radius 1 is 1.34 bits per heavy atom. The summed E-state index contributed by atoms with van der Waals surface area (Å²) >= 11 is 0. The fraction of sp³-hybridized carbons (Fsp3) is 0.524. The van der Waals surface area contributed by atoms with Gasteiger partial charge in [-0.2, -0.15) is 0 Å². The molecule has 1 aromatic carbocycles. The van der Waals surface area contributed by atoms with Crippen LogP contribution in [0, 0.1) is 13.8 Å². The van der Waals surface area contributed by atoms with Crippen molar-refractivity contribution in [3.63, 3.8) is 0 Å². The number of ether oxygens (including phenoxy) is 1. The number of hydrogen-bond acceptors (Lipinski definition) is 6. The van der Waals surface area contributed by atoms with E-state index in [0.717, 1.165) is 33.4 Å². The molecule has 1 fully saturated rings. The van der Waals surface area contributed by atoms with E-state index >= 15 is 0 Å². The third-order valence-electron chi connectivity index (χ3n) is 5.69. The molecule has 3 rings (SSSR count). The lowest BCUT2D eigenvalue weighted by Crippen LogP contribution is -2.42. The van der Waals surface area contributed by atoms with Gasteiger partial charge in [0.05, 0.1) is 23.7 Å². The first-order valence-electron chi connectivity index (χ1n) is 9.85. The standard InChI is InChI=1S/C21H29BO6S/c1-13(7-16-8-14(2)21(23)15(3)9-16)5-6-18-20-17(11-27-4)12-29(25,26)19(20)10-22(24)28-18/h7-9,18-19,23-24H,5-6,10-12H2,1-4H3/b13-7+/t18-,19+/m1/s1. The number of phenols is 1. The number of rotatable bonds is 6. The molecule has 2 aliphatic heterocycles. The van der Waals surface area contributed by atoms with E-state index in [9.17, 15) is 18.5 Å². The molecule has 1 aromatic rings. The molecule has 0 spiro atoms. The van der Waals surface area contributed by atoms with Crippen molar-refractivity contribution in [2.45, 2.75) is 51.3 Å². The van der Waals surface area contributed by atoms with Crippen LogP contribution < -0.4 is 0 Å². The van der Waals surface area contributed by atoms with Crippen LogP contribution in [0.5, 0.6) is 5.75 Å². The number of phenolic OH excluding ortho intramolecular Hbond substituents is 1. The Kier molecular flexibility index (Phi) is 6.58. The average Bonchev–Trinajstić information content (AvgIpc) is 2.88. The molecule has 158 valence electrons. The summed E-state index contributed by atoms with van der Waals surface area (Å²) < 4.78 is 36.0. The summed E-state index contributed by atoms with van der Waals surface area (Å²) in [4.78, 5) is 0. The summed E-state index contributed by atoms with van der Waals surface area (Å²) in [6, 6.07) is 3.87. The summed E-state index contributed by atoms with van der Waals surface area (Å²) in [5.74, 6) is 0.296. The first-order valence-corrected chi connectivity index (χ1v) is 11.6. The SMILES string of the molecule is COCC1=C2[C@@H](CC/C(C)=C/c3cc(C)c(O)c(C)c3)OB(O)C[C@@H]2S(=O)(=O)C1. The minimum absolute atomic E-state index is 0.0195. The first-order chi connectivity index (χ1) is 13.6. The Hall–Kier alpha value is -1.61. The fourth-order valence-electron chi connectivity index (χ4n) is 4.37. The largest absolute Gasteiger partial charge is 0.507 e. The third-order valence-corrected chi connectivity index (χ3v) is 7.76. The van der Waals surface area contributed by atoms with Crippen molar-refractivity contribution in [1.29, 1.82) is 0 Å². The third kappa shape index (κ3) is 4.77. The number of allylic oxidation sites excluding steroid dienone is 1. The zero-order valence-corrected chi connectivity index (χ0v) is 18.3. The molecule has 2 atom stereocenters. The molecule has 0 radical (unpaired) electrons. The highest BCUT2D eigenvalue weighted by Gasteiger charge is 2.48. The van der Waals surface area contributed by atoms with Crippen molar-refractivity contribution in [2.75, 3.05) is 19.5 Å². The van der Waals surface area contributed by atoms with Crippen LogP contribution in [0.1, 0.15) is 36.5 Å². The average molecular weight is 420 g/mol. The van der Waals surface area contributed by atoms with Crippen molar-refractivity contribution >= 4 is 23.0 Å². The van der Waals surface area contributed by atoms with E-state index in [1.807, 2.05) is 32.9 Å². The van der Waals surface area contributed by atoms with Crippen molar-refractivity contribution in [3.05, 3.63) is 45.5 Å². The summed E-state index contributed by atoms with van der Waals surface area (Å²) in [5.41, 5.74) is 5.33. The lowest BCUT2D eigenvalue weighted by atomic mass is 9.74. The zero-order chi connectivity index (χ0) is 21.3. The Bertz CT molecular complexity index is 927. The quantitative estimate of drug-likeness (QED) is 0.543. The molecule has 0 saturated carbocycles. The lowest BCUT2D eigenvalue weighted by molar-refractivity contribution is 0.166. The molecular formula is C21H29BO6S. The maximum absolute atomic E-state index is 12.5. The Labute approximate surface area is 173 Å². The van der Waals surface area contributed by atoms with Crippen molar-refractivity contribution < 1.29 is 27.9 Å². The van der Waals surface area contributed by atoms with E-state index < -0.39 is 28.3 Å². The fourth-order valence-corrected chi connectivity index (χ4v) is 6.47. The highest BCUT2D eigenvalue weighted by Crippen LogP contribution is 2.39. The highest BCUT2D eigenvalue weighted by molar-refractivity contribution is 7.92. The Balaban J connectivity index is 1.78. The van der Waals surface area contributed by atoms with E-state index in [0.29, 0.717) is 18.6 Å². The summed E-state index contributed by atoms with van der Waals surface area (Å²) in [5, 5.41) is 19.3. The number of fused-ring (bicyclic) bond motifs is 1. The van der Waals surface area contributed by atoms with Gasteiger partial charge in [-0.05, 0) is 73.6 Å². The van der Waals surface area contributed by atoms with Gasteiger partial charge in [-0.25, -0.2) is 8.42 Å². The molecule has 29 heavy (non-hydrogen) atoms. The van der Waals surface area contributed by atoms with E-state index in [4.69, 9.17) is 9.39 Å². The molecule has 1 saturated heterocycles. The number of aryl methyl sites for hydroxylation is 2. The van der Waals surface area contributed by atoms with E-state index in [1.54, 1.807) is 7.11 Å². The van der Waals surface area contributed by atoms with Gasteiger partial charge in [-0.3, -0.25) is 0 Å². The van der Waals surface area contributed by atoms with Crippen LogP contribution in [-0.4, -0.2) is 56.5 Å². The first kappa shape index (κ1) is 22.1. The van der Waals surface area contributed by atoms with E-state index in [2.05, 4.69) is 6.08 Å². The molecular weight excluding hydrogens is 391 g/mol. The molecule has 6 nitrogen and oxygen atoms in total. The van der Waals surface area contributed by atoms with Crippen LogP contribution in [0.25, 0.3) is 6.08 Å². The molecule has 0 bridgehead atoms. The normalized spacial score (nSPS) is 24.2. The molecule has 2 N–H and O–H groups in total. The summed E-state index contributed by atoms with van der Waals surface area (Å²) in [6.45, 7) is 6.03. The van der Waals surface area contributed by atoms with Crippen molar-refractivity contribution in [3.8, 4) is 5.75 Å². The Morgan fingerprint density at radius 2 is 2.00 bits per heavy atom. The Morgan fingerprint density at radius 3 is 2.62 bits per heavy atom. The molecule has 0 amide bonds. The van der Waals surface area contributed by atoms with Gasteiger partial charge in [-0.1, -0.05) is 11.6 Å². The second-order valence-corrected chi connectivity index (χ2v) is 10.3. The van der Waals surface area contributed by atoms with Gasteiger partial charge in [0.15, 0.2) is 9.84 Å². The lowest BCUT2D eigenvalue weighted by Gasteiger charge is -2.32. The summed E-state index contributed by atoms with van der Waals surface area (Å²) in [7, 11) is -2.84. The topological polar surface area (TPSA) is 93.1 Å². The van der Waals surface area contributed by atoms with Crippen LogP contribution in [0.15, 0.2) is 28.9 Å². The second-order valence-electron chi connectivity index (χ2n) is 8.14. The van der Waals surface area contributed by atoms with Gasteiger partial charge in [0.1, 0.15) is 5.75 Å². The molecule has 0 aliphatic carbocycles. The number of hydrogen-bond donors (Lipinski definition) is 2. The smallest absolute Gasteiger partial charge is 0.456 e. The van der Waals surface area contributed by atoms with Gasteiger partial charge < -0.3 is 19.5 Å². The number of benzene rings is 1. The zero-order valence-electron chi connectivity index (χ0n) is 17.4. The maximum atomic E-state index is 12.5.